The van der Waals surface area contributed by atoms with Gasteiger partial charge in [-0.3, -0.25) is 9.59 Å². The second-order valence-electron chi connectivity index (χ2n) is 3.08. The maximum atomic E-state index is 10.8. The first-order valence-electron chi connectivity index (χ1n) is 5.38. The maximum Gasteiger partial charge on any atom is 0.204 e. The zero-order valence-electron chi connectivity index (χ0n) is 9.58. The first-order chi connectivity index (χ1) is 6.72. The van der Waals surface area contributed by atoms with E-state index in [0.29, 0.717) is 11.7 Å². The third-order valence-electron chi connectivity index (χ3n) is 2.18. The lowest BCUT2D eigenvalue weighted by Gasteiger charge is -2.17. The van der Waals surface area contributed by atoms with Gasteiger partial charge in [-0.1, -0.05) is 33.1 Å². The first-order valence-corrected chi connectivity index (χ1v) is 5.38. The number of hydrogen-bond acceptors (Lipinski definition) is 2. The van der Waals surface area contributed by atoms with E-state index in [1.54, 1.807) is 6.92 Å². The van der Waals surface area contributed by atoms with E-state index in [-0.39, 0.29) is 6.41 Å². The molecule has 1 saturated carbocycles. The second kappa shape index (κ2) is 12.1. The van der Waals surface area contributed by atoms with Gasteiger partial charge in [0.1, 0.15) is 5.78 Å². The van der Waals surface area contributed by atoms with Gasteiger partial charge in [0.05, 0.1) is 0 Å². The molecule has 0 aromatic carbocycles. The highest BCUT2D eigenvalue weighted by Crippen LogP contribution is 2.23. The average molecular weight is 201 g/mol. The number of nitrogens with two attached hydrogens (primary N) is 1. The van der Waals surface area contributed by atoms with Crippen LogP contribution in [0.25, 0.3) is 0 Å². The van der Waals surface area contributed by atoms with E-state index in [0.717, 1.165) is 12.8 Å². The molecular formula is C11H23NO2. The summed E-state index contributed by atoms with van der Waals surface area (Å²) < 4.78 is 0. The molecular weight excluding hydrogens is 178 g/mol. The Morgan fingerprint density at radius 1 is 1.21 bits per heavy atom. The fourth-order valence-corrected chi connectivity index (χ4v) is 1.51. The Balaban J connectivity index is 0. The molecule has 14 heavy (non-hydrogen) atoms. The Kier molecular flexibility index (Phi) is 13.5. The van der Waals surface area contributed by atoms with Crippen LogP contribution in [0.4, 0.5) is 0 Å². The van der Waals surface area contributed by atoms with E-state index in [2.05, 4.69) is 5.73 Å². The molecule has 0 heterocycles. The van der Waals surface area contributed by atoms with Crippen LogP contribution in [0.15, 0.2) is 0 Å². The van der Waals surface area contributed by atoms with Gasteiger partial charge in [-0.25, -0.2) is 0 Å². The van der Waals surface area contributed by atoms with Crippen LogP contribution in [0.2, 0.25) is 0 Å². The molecule has 1 amide bonds. The molecule has 0 aromatic heterocycles. The largest absolute Gasteiger partial charge is 0.372 e. The Morgan fingerprint density at radius 2 is 1.57 bits per heavy atom. The molecule has 3 nitrogen and oxygen atoms in total. The zero-order chi connectivity index (χ0) is 11.4. The Morgan fingerprint density at radius 3 is 1.79 bits per heavy atom. The minimum Gasteiger partial charge on any atom is -0.372 e. The molecule has 0 atom stereocenters. The molecule has 0 aliphatic heterocycles. The van der Waals surface area contributed by atoms with E-state index < -0.39 is 0 Å². The number of carbonyl (C=O) groups excluding carboxylic acids is 2. The Bertz CT molecular complexity index is 140. The van der Waals surface area contributed by atoms with Crippen molar-refractivity contribution in [3.05, 3.63) is 0 Å². The monoisotopic (exact) mass is 201 g/mol. The number of Topliss-reactive ketones (excluding diaryl/α,β-unsaturated/α-hetero) is 1. The summed E-state index contributed by atoms with van der Waals surface area (Å²) in [5.41, 5.74) is 4.17. The summed E-state index contributed by atoms with van der Waals surface area (Å²) in [5, 5.41) is 0. The van der Waals surface area contributed by atoms with Gasteiger partial charge in [-0.2, -0.15) is 0 Å². The van der Waals surface area contributed by atoms with E-state index in [1.165, 1.54) is 19.3 Å². The molecule has 1 rings (SSSR count). The van der Waals surface area contributed by atoms with Crippen molar-refractivity contribution >= 4 is 12.2 Å². The smallest absolute Gasteiger partial charge is 0.204 e. The first kappa shape index (κ1) is 15.6. The third kappa shape index (κ3) is 9.23. The highest BCUT2D eigenvalue weighted by Gasteiger charge is 2.16. The minimum absolute atomic E-state index is 0.250. The molecule has 0 spiro atoms. The van der Waals surface area contributed by atoms with Crippen molar-refractivity contribution in [2.45, 2.75) is 52.9 Å². The third-order valence-corrected chi connectivity index (χ3v) is 2.18. The van der Waals surface area contributed by atoms with Crippen molar-refractivity contribution in [2.75, 3.05) is 0 Å². The molecule has 0 radical (unpaired) electrons. The second-order valence-corrected chi connectivity index (χ2v) is 3.08. The van der Waals surface area contributed by atoms with Gasteiger partial charge in [-0.15, -0.1) is 0 Å². The minimum atomic E-state index is 0.250. The highest BCUT2D eigenvalue weighted by atomic mass is 16.1. The average Bonchev–Trinajstić information content (AvgIpc) is 2.23. The SMILES string of the molecule is CC.CC(=O)C1CCCCC1.NC=O. The van der Waals surface area contributed by atoms with Crippen LogP contribution in [-0.2, 0) is 9.59 Å². The van der Waals surface area contributed by atoms with Crippen LogP contribution in [0, 0.1) is 5.92 Å². The number of carbonyl (C=O) groups is 2. The van der Waals surface area contributed by atoms with Crippen LogP contribution in [0.1, 0.15) is 52.9 Å². The van der Waals surface area contributed by atoms with Gasteiger partial charge >= 0.3 is 0 Å². The lowest BCUT2D eigenvalue weighted by atomic mass is 9.87. The van der Waals surface area contributed by atoms with Crippen LogP contribution in [-0.4, -0.2) is 12.2 Å². The standard InChI is InChI=1S/C8H14O.C2H6.CH3NO/c1-7(9)8-5-3-2-4-6-8;1-2;2-1-3/h8H,2-6H2,1H3;1-2H3;1H,(H2,2,3). The molecule has 1 aliphatic rings. The van der Waals surface area contributed by atoms with Gasteiger partial charge in [0.2, 0.25) is 6.41 Å². The lowest BCUT2D eigenvalue weighted by Crippen LogP contribution is -2.13. The Hall–Kier alpha value is -0.860. The molecule has 0 aromatic rings. The van der Waals surface area contributed by atoms with E-state index in [9.17, 15) is 4.79 Å². The summed E-state index contributed by atoms with van der Waals surface area (Å²) in [6.45, 7) is 5.72. The van der Waals surface area contributed by atoms with Crippen LogP contribution in [0.5, 0.6) is 0 Å². The predicted octanol–water partition coefficient (Wildman–Crippen LogP) is 2.28. The van der Waals surface area contributed by atoms with Crippen LogP contribution in [0.3, 0.4) is 0 Å². The summed E-state index contributed by atoms with van der Waals surface area (Å²) in [7, 11) is 0. The van der Waals surface area contributed by atoms with E-state index in [1.807, 2.05) is 13.8 Å². The lowest BCUT2D eigenvalue weighted by molar-refractivity contribution is -0.121. The summed E-state index contributed by atoms with van der Waals surface area (Å²) in [6, 6.07) is 0. The number of primary amides is 1. The van der Waals surface area contributed by atoms with Crippen molar-refractivity contribution in [1.29, 1.82) is 0 Å². The number of rotatable bonds is 1. The molecule has 2 N–H and O–H groups in total. The topological polar surface area (TPSA) is 60.2 Å². The normalized spacial score (nSPS) is 15.4. The van der Waals surface area contributed by atoms with Crippen molar-refractivity contribution in [2.24, 2.45) is 11.7 Å². The van der Waals surface area contributed by atoms with Crippen molar-refractivity contribution in [1.82, 2.24) is 0 Å². The van der Waals surface area contributed by atoms with Gasteiger partial charge in [0.15, 0.2) is 0 Å². The molecule has 0 unspecified atom stereocenters. The van der Waals surface area contributed by atoms with Crippen molar-refractivity contribution in [3.8, 4) is 0 Å². The van der Waals surface area contributed by atoms with Crippen molar-refractivity contribution < 1.29 is 9.59 Å². The Labute approximate surface area is 87.1 Å². The molecule has 0 bridgehead atoms. The maximum absolute atomic E-state index is 10.8. The highest BCUT2D eigenvalue weighted by molar-refractivity contribution is 5.78. The quantitative estimate of drug-likeness (QED) is 0.662. The fraction of sp³-hybridized carbons (Fsp3) is 0.818. The molecule has 3 heteroatoms. The molecule has 84 valence electrons. The summed E-state index contributed by atoms with van der Waals surface area (Å²) in [6.07, 6.45) is 6.42. The van der Waals surface area contributed by atoms with Gasteiger partial charge < -0.3 is 5.73 Å². The number of ketones is 1. The van der Waals surface area contributed by atoms with Gasteiger partial charge in [0, 0.05) is 5.92 Å². The number of hydrogen-bond donors (Lipinski definition) is 1. The van der Waals surface area contributed by atoms with Gasteiger partial charge in [0.25, 0.3) is 0 Å². The van der Waals surface area contributed by atoms with Gasteiger partial charge in [-0.05, 0) is 19.8 Å². The molecule has 0 saturated heterocycles. The van der Waals surface area contributed by atoms with Crippen LogP contribution < -0.4 is 5.73 Å². The van der Waals surface area contributed by atoms with Crippen LogP contribution >= 0.6 is 0 Å². The van der Waals surface area contributed by atoms with Crippen molar-refractivity contribution in [3.63, 3.8) is 0 Å². The predicted molar refractivity (Wildman–Crippen MR) is 58.9 cm³/mol. The summed E-state index contributed by atoms with van der Waals surface area (Å²) >= 11 is 0. The number of amides is 1. The summed E-state index contributed by atoms with van der Waals surface area (Å²) in [4.78, 5) is 19.4. The summed E-state index contributed by atoms with van der Waals surface area (Å²) in [5.74, 6) is 0.813. The molecule has 1 aliphatic carbocycles. The fourth-order valence-electron chi connectivity index (χ4n) is 1.51. The van der Waals surface area contributed by atoms with E-state index >= 15 is 0 Å². The molecule has 1 fully saturated rings. The zero-order valence-corrected chi connectivity index (χ0v) is 9.58. The van der Waals surface area contributed by atoms with E-state index in [4.69, 9.17) is 4.79 Å².